The highest BCUT2D eigenvalue weighted by molar-refractivity contribution is 5.85. The molecule has 2 heteroatoms. The highest BCUT2D eigenvalue weighted by atomic mass is 16.4. The van der Waals surface area contributed by atoms with E-state index in [0.29, 0.717) is 0 Å². The normalized spacial score (nSPS) is 12.6. The molecule has 0 radical (unpaired) electrons. The molecule has 0 saturated heterocycles. The average Bonchev–Trinajstić information content (AvgIpc) is 2.27. The molecular formula is C14H14O2. The Labute approximate surface area is 94.5 Å². The van der Waals surface area contributed by atoms with Gasteiger partial charge in [0.25, 0.3) is 0 Å². The van der Waals surface area contributed by atoms with Gasteiger partial charge in [0.15, 0.2) is 0 Å². The van der Waals surface area contributed by atoms with E-state index in [-0.39, 0.29) is 0 Å². The van der Waals surface area contributed by atoms with Gasteiger partial charge in [-0.1, -0.05) is 42.0 Å². The summed E-state index contributed by atoms with van der Waals surface area (Å²) < 4.78 is 0. The van der Waals surface area contributed by atoms with Gasteiger partial charge < -0.3 is 5.11 Å². The SMILES string of the molecule is Cc1ccc2cc([C@H](C)C(=O)O)ccc2c1. The van der Waals surface area contributed by atoms with Crippen molar-refractivity contribution in [2.75, 3.05) is 0 Å². The molecule has 2 aromatic rings. The molecule has 1 atom stereocenters. The average molecular weight is 214 g/mol. The van der Waals surface area contributed by atoms with Gasteiger partial charge in [-0.3, -0.25) is 4.79 Å². The molecule has 0 unspecified atom stereocenters. The Morgan fingerprint density at radius 2 is 1.75 bits per heavy atom. The summed E-state index contributed by atoms with van der Waals surface area (Å²) in [5, 5.41) is 11.2. The molecule has 2 nitrogen and oxygen atoms in total. The molecule has 16 heavy (non-hydrogen) atoms. The zero-order valence-electron chi connectivity index (χ0n) is 9.40. The first-order valence-electron chi connectivity index (χ1n) is 5.31. The monoisotopic (exact) mass is 214 g/mol. The largest absolute Gasteiger partial charge is 0.481 e. The first-order valence-corrected chi connectivity index (χ1v) is 5.31. The van der Waals surface area contributed by atoms with Crippen LogP contribution in [0.4, 0.5) is 0 Å². The van der Waals surface area contributed by atoms with Crippen LogP contribution < -0.4 is 0 Å². The fourth-order valence-electron chi connectivity index (χ4n) is 1.80. The molecule has 0 aliphatic heterocycles. The molecule has 82 valence electrons. The number of fused-ring (bicyclic) bond motifs is 1. The minimum absolute atomic E-state index is 0.453. The number of benzene rings is 2. The number of hydrogen-bond donors (Lipinski definition) is 1. The summed E-state index contributed by atoms with van der Waals surface area (Å²) in [6.45, 7) is 3.75. The van der Waals surface area contributed by atoms with Gasteiger partial charge in [-0.25, -0.2) is 0 Å². The van der Waals surface area contributed by atoms with Crippen LogP contribution >= 0.6 is 0 Å². The molecule has 0 bridgehead atoms. The summed E-state index contributed by atoms with van der Waals surface area (Å²) in [6.07, 6.45) is 0. The van der Waals surface area contributed by atoms with Crippen molar-refractivity contribution < 1.29 is 9.90 Å². The van der Waals surface area contributed by atoms with Gasteiger partial charge in [-0.15, -0.1) is 0 Å². The molecule has 0 aliphatic rings. The van der Waals surface area contributed by atoms with Crippen LogP contribution in [-0.4, -0.2) is 11.1 Å². The fraction of sp³-hybridized carbons (Fsp3) is 0.214. The summed E-state index contributed by atoms with van der Waals surface area (Å²) in [5.74, 6) is -1.24. The van der Waals surface area contributed by atoms with E-state index >= 15 is 0 Å². The molecule has 0 aromatic heterocycles. The van der Waals surface area contributed by atoms with Gasteiger partial charge >= 0.3 is 5.97 Å². The van der Waals surface area contributed by atoms with Gasteiger partial charge in [0, 0.05) is 0 Å². The van der Waals surface area contributed by atoms with Crippen molar-refractivity contribution in [1.29, 1.82) is 0 Å². The summed E-state index contributed by atoms with van der Waals surface area (Å²) in [5.41, 5.74) is 2.07. The third-order valence-electron chi connectivity index (χ3n) is 2.89. The van der Waals surface area contributed by atoms with Crippen LogP contribution in [0.5, 0.6) is 0 Å². The van der Waals surface area contributed by atoms with Crippen molar-refractivity contribution in [1.82, 2.24) is 0 Å². The van der Waals surface area contributed by atoms with E-state index in [1.54, 1.807) is 6.92 Å². The zero-order valence-corrected chi connectivity index (χ0v) is 9.40. The van der Waals surface area contributed by atoms with E-state index in [2.05, 4.69) is 6.07 Å². The summed E-state index contributed by atoms with van der Waals surface area (Å²) in [4.78, 5) is 10.9. The van der Waals surface area contributed by atoms with E-state index in [4.69, 9.17) is 5.11 Å². The molecule has 0 heterocycles. The van der Waals surface area contributed by atoms with Gasteiger partial charge in [-0.05, 0) is 30.2 Å². The maximum absolute atomic E-state index is 10.9. The number of aliphatic carboxylic acids is 1. The van der Waals surface area contributed by atoms with Crippen LogP contribution in [0.15, 0.2) is 36.4 Å². The van der Waals surface area contributed by atoms with Crippen molar-refractivity contribution in [3.8, 4) is 0 Å². The number of carboxylic acids is 1. The lowest BCUT2D eigenvalue weighted by atomic mass is 9.97. The second-order valence-electron chi connectivity index (χ2n) is 4.17. The van der Waals surface area contributed by atoms with Crippen molar-refractivity contribution in [2.45, 2.75) is 19.8 Å². The number of aryl methyl sites for hydroxylation is 1. The van der Waals surface area contributed by atoms with Crippen molar-refractivity contribution in [3.63, 3.8) is 0 Å². The Kier molecular flexibility index (Phi) is 2.65. The molecule has 0 saturated carbocycles. The summed E-state index contributed by atoms with van der Waals surface area (Å²) >= 11 is 0. The third-order valence-corrected chi connectivity index (χ3v) is 2.89. The topological polar surface area (TPSA) is 37.3 Å². The zero-order chi connectivity index (χ0) is 11.7. The minimum Gasteiger partial charge on any atom is -0.481 e. The van der Waals surface area contributed by atoms with Gasteiger partial charge in [0.2, 0.25) is 0 Å². The van der Waals surface area contributed by atoms with E-state index < -0.39 is 11.9 Å². The first kappa shape index (κ1) is 10.7. The van der Waals surface area contributed by atoms with Crippen LogP contribution in [0.3, 0.4) is 0 Å². The molecule has 2 rings (SSSR count). The second kappa shape index (κ2) is 3.97. The van der Waals surface area contributed by atoms with E-state index in [1.807, 2.05) is 37.3 Å². The Bertz CT molecular complexity index is 543. The number of hydrogen-bond acceptors (Lipinski definition) is 1. The van der Waals surface area contributed by atoms with Crippen LogP contribution in [0.2, 0.25) is 0 Å². The van der Waals surface area contributed by atoms with Crippen LogP contribution in [0, 0.1) is 6.92 Å². The minimum atomic E-state index is -0.786. The molecule has 0 fully saturated rings. The highest BCUT2D eigenvalue weighted by Gasteiger charge is 2.13. The maximum Gasteiger partial charge on any atom is 0.310 e. The molecule has 0 amide bonds. The smallest absolute Gasteiger partial charge is 0.310 e. The van der Waals surface area contributed by atoms with E-state index in [1.165, 1.54) is 5.56 Å². The molecule has 0 aliphatic carbocycles. The van der Waals surface area contributed by atoms with E-state index in [0.717, 1.165) is 16.3 Å². The van der Waals surface area contributed by atoms with Crippen molar-refractivity contribution in [3.05, 3.63) is 47.5 Å². The lowest BCUT2D eigenvalue weighted by molar-refractivity contribution is -0.138. The van der Waals surface area contributed by atoms with Gasteiger partial charge in [0.1, 0.15) is 0 Å². The summed E-state index contributed by atoms with van der Waals surface area (Å²) in [7, 11) is 0. The van der Waals surface area contributed by atoms with Gasteiger partial charge in [0.05, 0.1) is 5.92 Å². The maximum atomic E-state index is 10.9. The van der Waals surface area contributed by atoms with Crippen LogP contribution in [0.25, 0.3) is 10.8 Å². The Morgan fingerprint density at radius 1 is 1.12 bits per heavy atom. The summed E-state index contributed by atoms with van der Waals surface area (Å²) in [6, 6.07) is 12.0. The molecule has 0 spiro atoms. The number of carboxylic acid groups (broad SMARTS) is 1. The first-order chi connectivity index (χ1) is 7.58. The van der Waals surface area contributed by atoms with Crippen molar-refractivity contribution >= 4 is 16.7 Å². The van der Waals surface area contributed by atoms with Crippen molar-refractivity contribution in [2.24, 2.45) is 0 Å². The number of rotatable bonds is 2. The lowest BCUT2D eigenvalue weighted by Crippen LogP contribution is -2.06. The highest BCUT2D eigenvalue weighted by Crippen LogP contribution is 2.22. The predicted octanol–water partition coefficient (Wildman–Crippen LogP) is 3.34. The molecule has 1 N–H and O–H groups in total. The second-order valence-corrected chi connectivity index (χ2v) is 4.17. The fourth-order valence-corrected chi connectivity index (χ4v) is 1.80. The van der Waals surface area contributed by atoms with E-state index in [9.17, 15) is 4.79 Å². The Morgan fingerprint density at radius 3 is 2.44 bits per heavy atom. The molecular weight excluding hydrogens is 200 g/mol. The third kappa shape index (κ3) is 1.91. The Hall–Kier alpha value is -1.83. The number of carbonyl (C=O) groups is 1. The molecule has 2 aromatic carbocycles. The van der Waals surface area contributed by atoms with Crippen LogP contribution in [0.1, 0.15) is 24.0 Å². The lowest BCUT2D eigenvalue weighted by Gasteiger charge is -2.08. The van der Waals surface area contributed by atoms with Crippen LogP contribution in [-0.2, 0) is 4.79 Å². The Balaban J connectivity index is 2.52. The quantitative estimate of drug-likeness (QED) is 0.832. The standard InChI is InChI=1S/C14H14O2/c1-9-3-4-13-8-11(10(2)14(15)16)5-6-12(13)7-9/h3-8,10H,1-2H3,(H,15,16)/t10-/m0/s1. The van der Waals surface area contributed by atoms with Gasteiger partial charge in [-0.2, -0.15) is 0 Å². The predicted molar refractivity (Wildman–Crippen MR) is 64.7 cm³/mol.